The molecule has 0 unspecified atom stereocenters. The molecule has 0 radical (unpaired) electrons. The lowest BCUT2D eigenvalue weighted by atomic mass is 9.81. The molecule has 2 aliphatic heterocycles. The van der Waals surface area contributed by atoms with Gasteiger partial charge in [0.1, 0.15) is 14.1 Å². The van der Waals surface area contributed by atoms with Crippen molar-refractivity contribution in [2.45, 2.75) is 38.5 Å². The minimum atomic E-state index is -0.0315. The van der Waals surface area contributed by atoms with Gasteiger partial charge in [0.25, 0.3) is 0 Å². The molecule has 2 N–H and O–H groups in total. The van der Waals surface area contributed by atoms with E-state index < -0.39 is 0 Å². The van der Waals surface area contributed by atoms with E-state index in [1.54, 1.807) is 0 Å². The second kappa shape index (κ2) is 8.94. The summed E-state index contributed by atoms with van der Waals surface area (Å²) in [5, 5.41) is 6.91. The summed E-state index contributed by atoms with van der Waals surface area (Å²) in [7, 11) is 4.29. The van der Waals surface area contributed by atoms with Crippen molar-refractivity contribution in [3.63, 3.8) is 0 Å². The minimum Gasteiger partial charge on any atom is -0.361 e. The maximum Gasteiger partial charge on any atom is 0.209 e. The van der Waals surface area contributed by atoms with Crippen molar-refractivity contribution in [1.29, 1.82) is 0 Å². The third-order valence-electron chi connectivity index (χ3n) is 7.73. The normalized spacial score (nSPS) is 17.7. The van der Waals surface area contributed by atoms with Crippen LogP contribution in [0.4, 0.5) is 22.7 Å². The highest BCUT2D eigenvalue weighted by molar-refractivity contribution is 6.03. The molecule has 2 aliphatic rings. The quantitative estimate of drug-likeness (QED) is 0.377. The lowest BCUT2D eigenvalue weighted by Gasteiger charge is -2.15. The zero-order chi connectivity index (χ0) is 25.5. The molecule has 3 aromatic carbocycles. The molecule has 0 saturated carbocycles. The van der Waals surface area contributed by atoms with E-state index in [9.17, 15) is 0 Å². The fourth-order valence-corrected chi connectivity index (χ4v) is 5.74. The standard InChI is InChI=1S/C32H34N4/c1-31(2)25-14-7-9-16-27(25)35(5)29(31)18-20-33-23-12-11-13-24(22-23)34-21-19-30-32(3,4)26-15-8-10-17-28(26)36(30)6/h7-22H,1-6H3/p+2. The van der Waals surface area contributed by atoms with E-state index in [4.69, 9.17) is 0 Å². The van der Waals surface area contributed by atoms with Gasteiger partial charge in [0.05, 0.1) is 10.8 Å². The Balaban J connectivity index is 1.28. The van der Waals surface area contributed by atoms with Gasteiger partial charge in [-0.15, -0.1) is 0 Å². The summed E-state index contributed by atoms with van der Waals surface area (Å²) >= 11 is 0. The summed E-state index contributed by atoms with van der Waals surface area (Å²) in [6, 6.07) is 25.6. The highest BCUT2D eigenvalue weighted by atomic mass is 15.0. The molecule has 0 atom stereocenters. The number of nitrogens with zero attached hydrogens (tertiary/aromatic N) is 2. The van der Waals surface area contributed by atoms with Crippen molar-refractivity contribution >= 4 is 34.2 Å². The number of hydrogen-bond acceptors (Lipinski definition) is 2. The van der Waals surface area contributed by atoms with Gasteiger partial charge in [0, 0.05) is 59.2 Å². The molecule has 0 aliphatic carbocycles. The van der Waals surface area contributed by atoms with Crippen molar-refractivity contribution < 1.29 is 9.15 Å². The summed E-state index contributed by atoms with van der Waals surface area (Å²) in [4.78, 5) is 0. The SMILES string of the molecule is C[N+]1=C(/C=C/Nc2cccc(N/C=C/C3=[N+](C)c4ccccc4C3(C)C)c2)C(C)(C)c2ccccc21. The van der Waals surface area contributed by atoms with Crippen LogP contribution in [0, 0.1) is 0 Å². The largest absolute Gasteiger partial charge is 0.361 e. The molecule has 0 spiro atoms. The summed E-state index contributed by atoms with van der Waals surface area (Å²) in [6.45, 7) is 9.13. The van der Waals surface area contributed by atoms with Gasteiger partial charge in [-0.25, -0.2) is 0 Å². The molecule has 0 fully saturated rings. The Morgan fingerprint density at radius 2 is 1.00 bits per heavy atom. The fourth-order valence-electron chi connectivity index (χ4n) is 5.74. The first-order chi connectivity index (χ1) is 17.2. The van der Waals surface area contributed by atoms with Crippen molar-refractivity contribution in [3.8, 4) is 0 Å². The summed E-state index contributed by atoms with van der Waals surface area (Å²) in [5.74, 6) is 0. The van der Waals surface area contributed by atoms with Crippen LogP contribution in [-0.4, -0.2) is 34.7 Å². The van der Waals surface area contributed by atoms with E-state index in [2.05, 4.69) is 147 Å². The monoisotopic (exact) mass is 476 g/mol. The maximum absolute atomic E-state index is 3.46. The number of benzene rings is 3. The number of rotatable bonds is 6. The number of allylic oxidation sites excluding steroid dienone is 2. The van der Waals surface area contributed by atoms with Gasteiger partial charge in [0.15, 0.2) is 11.4 Å². The number of fused-ring (bicyclic) bond motifs is 2. The Morgan fingerprint density at radius 3 is 1.42 bits per heavy atom. The molecule has 4 nitrogen and oxygen atoms in total. The van der Waals surface area contributed by atoms with Crippen molar-refractivity contribution in [2.75, 3.05) is 24.7 Å². The van der Waals surface area contributed by atoms with Crippen LogP contribution in [0.25, 0.3) is 0 Å². The molecule has 2 heterocycles. The first-order valence-corrected chi connectivity index (χ1v) is 12.6. The molecular formula is C32H36N4+2. The van der Waals surface area contributed by atoms with Crippen molar-refractivity contribution in [1.82, 2.24) is 0 Å². The van der Waals surface area contributed by atoms with E-state index in [1.165, 1.54) is 33.9 Å². The van der Waals surface area contributed by atoms with Crippen LogP contribution in [0.2, 0.25) is 0 Å². The highest BCUT2D eigenvalue weighted by Gasteiger charge is 2.43. The highest BCUT2D eigenvalue weighted by Crippen LogP contribution is 2.40. The van der Waals surface area contributed by atoms with E-state index >= 15 is 0 Å². The third kappa shape index (κ3) is 3.97. The molecule has 0 aromatic heterocycles. The van der Waals surface area contributed by atoms with Gasteiger partial charge in [0.2, 0.25) is 11.4 Å². The zero-order valence-corrected chi connectivity index (χ0v) is 22.1. The third-order valence-corrected chi connectivity index (χ3v) is 7.73. The molecule has 182 valence electrons. The van der Waals surface area contributed by atoms with Crippen LogP contribution in [0.15, 0.2) is 97.3 Å². The van der Waals surface area contributed by atoms with Crippen molar-refractivity contribution in [2.24, 2.45) is 0 Å². The Kier molecular flexibility index (Phi) is 5.91. The maximum atomic E-state index is 3.46. The average Bonchev–Trinajstić information content (AvgIpc) is 3.19. The lowest BCUT2D eigenvalue weighted by Crippen LogP contribution is -2.26. The van der Waals surface area contributed by atoms with Crippen LogP contribution in [-0.2, 0) is 10.8 Å². The second-order valence-electron chi connectivity index (χ2n) is 10.7. The first kappa shape index (κ1) is 23.8. The Bertz CT molecular complexity index is 1340. The number of anilines is 2. The molecule has 5 rings (SSSR count). The molecule has 36 heavy (non-hydrogen) atoms. The Morgan fingerprint density at radius 1 is 0.583 bits per heavy atom. The molecule has 4 heteroatoms. The minimum absolute atomic E-state index is 0.0315. The number of para-hydroxylation sites is 2. The summed E-state index contributed by atoms with van der Waals surface area (Å²) in [5.41, 5.74) is 9.84. The fraction of sp³-hybridized carbons (Fsp3) is 0.250. The van der Waals surface area contributed by atoms with Gasteiger partial charge in [-0.05, 0) is 45.9 Å². The Labute approximate surface area is 215 Å². The van der Waals surface area contributed by atoms with Crippen molar-refractivity contribution in [3.05, 3.63) is 108 Å². The van der Waals surface area contributed by atoms with Crippen LogP contribution in [0.5, 0.6) is 0 Å². The van der Waals surface area contributed by atoms with E-state index in [0.717, 1.165) is 11.4 Å². The van der Waals surface area contributed by atoms with Crippen LogP contribution < -0.4 is 10.6 Å². The van der Waals surface area contributed by atoms with E-state index in [0.29, 0.717) is 0 Å². The van der Waals surface area contributed by atoms with Gasteiger partial charge in [-0.1, -0.05) is 42.5 Å². The topological polar surface area (TPSA) is 30.1 Å². The molecular weight excluding hydrogens is 440 g/mol. The predicted molar refractivity (Wildman–Crippen MR) is 153 cm³/mol. The average molecular weight is 477 g/mol. The van der Waals surface area contributed by atoms with E-state index in [-0.39, 0.29) is 10.8 Å². The van der Waals surface area contributed by atoms with E-state index in [1.807, 2.05) is 12.4 Å². The summed E-state index contributed by atoms with van der Waals surface area (Å²) < 4.78 is 4.57. The Hall–Kier alpha value is -3.92. The van der Waals surface area contributed by atoms with Gasteiger partial charge in [-0.2, -0.15) is 9.15 Å². The van der Waals surface area contributed by atoms with Crippen LogP contribution in [0.1, 0.15) is 38.8 Å². The molecule has 3 aromatic rings. The smallest absolute Gasteiger partial charge is 0.209 e. The molecule has 0 amide bonds. The first-order valence-electron chi connectivity index (χ1n) is 12.6. The van der Waals surface area contributed by atoms with Gasteiger partial charge >= 0.3 is 0 Å². The molecule has 0 saturated heterocycles. The second-order valence-corrected chi connectivity index (χ2v) is 10.7. The predicted octanol–water partition coefficient (Wildman–Crippen LogP) is 6.95. The molecule has 0 bridgehead atoms. The van der Waals surface area contributed by atoms with Gasteiger partial charge < -0.3 is 10.6 Å². The van der Waals surface area contributed by atoms with Crippen LogP contribution >= 0.6 is 0 Å². The zero-order valence-electron chi connectivity index (χ0n) is 22.1. The van der Waals surface area contributed by atoms with Crippen LogP contribution in [0.3, 0.4) is 0 Å². The van der Waals surface area contributed by atoms with Gasteiger partial charge in [-0.3, -0.25) is 0 Å². The number of nitrogens with one attached hydrogen (secondary N) is 2. The number of hydrogen-bond donors (Lipinski definition) is 2. The summed E-state index contributed by atoms with van der Waals surface area (Å²) in [6.07, 6.45) is 8.45. The lowest BCUT2D eigenvalue weighted by molar-refractivity contribution is -0.401.